The summed E-state index contributed by atoms with van der Waals surface area (Å²) in [5.41, 5.74) is 6.90. The van der Waals surface area contributed by atoms with E-state index in [2.05, 4.69) is 89.7 Å². The Bertz CT molecular complexity index is 877. The number of hydrogen-bond acceptors (Lipinski definition) is 2. The van der Waals surface area contributed by atoms with Gasteiger partial charge in [0.2, 0.25) is 0 Å². The number of nitrogens with zero attached hydrogens (tertiary/aromatic N) is 2. The molecular formula is C24H20N2. The average molecular weight is 336 g/mol. The first kappa shape index (κ1) is 16.1. The lowest BCUT2D eigenvalue weighted by Crippen LogP contribution is -2.08. The summed E-state index contributed by atoms with van der Waals surface area (Å²) >= 11 is 0. The van der Waals surface area contributed by atoms with Gasteiger partial charge in [-0.25, -0.2) is 0 Å². The number of hydrogen-bond donors (Lipinski definition) is 0. The molecule has 26 heavy (non-hydrogen) atoms. The molecule has 4 aromatic rings. The highest BCUT2D eigenvalue weighted by molar-refractivity contribution is 5.71. The Balaban J connectivity index is 1.55. The number of anilines is 2. The molecule has 0 bridgehead atoms. The topological polar surface area (TPSA) is 16.1 Å². The van der Waals surface area contributed by atoms with E-state index in [0.717, 1.165) is 22.6 Å². The van der Waals surface area contributed by atoms with Crippen molar-refractivity contribution in [2.24, 2.45) is 0 Å². The summed E-state index contributed by atoms with van der Waals surface area (Å²) in [6.45, 7) is 0. The molecule has 0 aliphatic carbocycles. The summed E-state index contributed by atoms with van der Waals surface area (Å²) in [5.74, 6) is 0. The Labute approximate surface area is 154 Å². The van der Waals surface area contributed by atoms with Crippen molar-refractivity contribution in [1.82, 2.24) is 4.98 Å². The van der Waals surface area contributed by atoms with Gasteiger partial charge in [-0.05, 0) is 47.5 Å². The third-order valence-electron chi connectivity index (χ3n) is 4.58. The average Bonchev–Trinajstić information content (AvgIpc) is 2.75. The van der Waals surface area contributed by atoms with Crippen LogP contribution in [0.15, 0.2) is 103 Å². The van der Waals surface area contributed by atoms with Crippen molar-refractivity contribution in [2.75, 3.05) is 11.9 Å². The SMILES string of the molecule is CN(c1ccc(-c2ccccc2)cc1)c1ccc(-c2ccccn2)cc1. The Morgan fingerprint density at radius 2 is 1.08 bits per heavy atom. The van der Waals surface area contributed by atoms with Crippen LogP contribution in [-0.2, 0) is 0 Å². The van der Waals surface area contributed by atoms with Gasteiger partial charge in [-0.2, -0.15) is 0 Å². The van der Waals surface area contributed by atoms with Crippen LogP contribution < -0.4 is 4.90 Å². The maximum absolute atomic E-state index is 4.41. The molecule has 2 heteroatoms. The molecule has 126 valence electrons. The summed E-state index contributed by atoms with van der Waals surface area (Å²) < 4.78 is 0. The second kappa shape index (κ2) is 7.24. The third kappa shape index (κ3) is 3.35. The van der Waals surface area contributed by atoms with Gasteiger partial charge in [0.05, 0.1) is 5.69 Å². The van der Waals surface area contributed by atoms with Crippen molar-refractivity contribution in [3.05, 3.63) is 103 Å². The van der Waals surface area contributed by atoms with Crippen LogP contribution in [0.2, 0.25) is 0 Å². The Morgan fingerprint density at radius 1 is 0.538 bits per heavy atom. The number of aromatic nitrogens is 1. The minimum atomic E-state index is 0.994. The van der Waals surface area contributed by atoms with E-state index in [9.17, 15) is 0 Å². The summed E-state index contributed by atoms with van der Waals surface area (Å²) in [6, 6.07) is 33.6. The lowest BCUT2D eigenvalue weighted by Gasteiger charge is -2.20. The second-order valence-corrected chi connectivity index (χ2v) is 6.23. The standard InChI is InChI=1S/C24H20N2/c1-26(22-14-10-20(11-15-22)19-7-3-2-4-8-19)23-16-12-21(13-17-23)24-9-5-6-18-25-24/h2-18H,1H3. The van der Waals surface area contributed by atoms with Gasteiger partial charge < -0.3 is 4.90 Å². The van der Waals surface area contributed by atoms with Gasteiger partial charge in [0.1, 0.15) is 0 Å². The first-order valence-electron chi connectivity index (χ1n) is 8.72. The molecule has 0 saturated carbocycles. The highest BCUT2D eigenvalue weighted by atomic mass is 15.1. The monoisotopic (exact) mass is 336 g/mol. The van der Waals surface area contributed by atoms with Gasteiger partial charge in [-0.15, -0.1) is 0 Å². The quantitative estimate of drug-likeness (QED) is 0.442. The molecule has 0 N–H and O–H groups in total. The third-order valence-corrected chi connectivity index (χ3v) is 4.58. The summed E-state index contributed by atoms with van der Waals surface area (Å²) in [5, 5.41) is 0. The maximum Gasteiger partial charge on any atom is 0.0701 e. The molecule has 0 aliphatic heterocycles. The van der Waals surface area contributed by atoms with Crippen molar-refractivity contribution < 1.29 is 0 Å². The lowest BCUT2D eigenvalue weighted by molar-refractivity contribution is 1.21. The molecule has 1 heterocycles. The molecule has 0 fully saturated rings. The molecule has 0 atom stereocenters. The molecule has 4 rings (SSSR count). The fraction of sp³-hybridized carbons (Fsp3) is 0.0417. The van der Waals surface area contributed by atoms with Gasteiger partial charge >= 0.3 is 0 Å². The Morgan fingerprint density at radius 3 is 1.65 bits per heavy atom. The van der Waals surface area contributed by atoms with Gasteiger partial charge in [0.15, 0.2) is 0 Å². The molecular weight excluding hydrogens is 316 g/mol. The van der Waals surface area contributed by atoms with Crippen molar-refractivity contribution >= 4 is 11.4 Å². The highest BCUT2D eigenvalue weighted by Gasteiger charge is 2.06. The van der Waals surface area contributed by atoms with E-state index in [-0.39, 0.29) is 0 Å². The second-order valence-electron chi connectivity index (χ2n) is 6.23. The predicted molar refractivity (Wildman–Crippen MR) is 110 cm³/mol. The molecule has 0 spiro atoms. The van der Waals surface area contributed by atoms with Gasteiger partial charge in [0.25, 0.3) is 0 Å². The van der Waals surface area contributed by atoms with Crippen molar-refractivity contribution in [3.63, 3.8) is 0 Å². The lowest BCUT2D eigenvalue weighted by atomic mass is 10.1. The van der Waals surface area contributed by atoms with Crippen LogP contribution in [-0.4, -0.2) is 12.0 Å². The summed E-state index contributed by atoms with van der Waals surface area (Å²) in [7, 11) is 2.09. The van der Waals surface area contributed by atoms with E-state index in [1.807, 2.05) is 30.5 Å². The van der Waals surface area contributed by atoms with Crippen LogP contribution in [0.4, 0.5) is 11.4 Å². The number of benzene rings is 3. The highest BCUT2D eigenvalue weighted by Crippen LogP contribution is 2.28. The summed E-state index contributed by atoms with van der Waals surface area (Å²) in [4.78, 5) is 6.60. The van der Waals surface area contributed by atoms with Crippen molar-refractivity contribution in [1.29, 1.82) is 0 Å². The maximum atomic E-state index is 4.41. The zero-order valence-corrected chi connectivity index (χ0v) is 14.7. The molecule has 0 radical (unpaired) electrons. The Kier molecular flexibility index (Phi) is 4.48. The van der Waals surface area contributed by atoms with Gasteiger partial charge in [-0.1, -0.05) is 60.7 Å². The van der Waals surface area contributed by atoms with E-state index < -0.39 is 0 Å². The number of pyridine rings is 1. The summed E-state index contributed by atoms with van der Waals surface area (Å²) in [6.07, 6.45) is 1.82. The van der Waals surface area contributed by atoms with Crippen LogP contribution in [0, 0.1) is 0 Å². The van der Waals surface area contributed by atoms with Crippen LogP contribution in [0.1, 0.15) is 0 Å². The van der Waals surface area contributed by atoms with Crippen LogP contribution in [0.5, 0.6) is 0 Å². The van der Waals surface area contributed by atoms with E-state index in [1.165, 1.54) is 11.1 Å². The predicted octanol–water partition coefficient (Wildman–Crippen LogP) is 6.18. The molecule has 0 amide bonds. The van der Waals surface area contributed by atoms with E-state index in [0.29, 0.717) is 0 Å². The van der Waals surface area contributed by atoms with E-state index in [1.54, 1.807) is 0 Å². The van der Waals surface area contributed by atoms with Crippen molar-refractivity contribution in [2.45, 2.75) is 0 Å². The van der Waals surface area contributed by atoms with Crippen LogP contribution in [0.3, 0.4) is 0 Å². The minimum absolute atomic E-state index is 0.994. The fourth-order valence-electron chi connectivity index (χ4n) is 3.05. The van der Waals surface area contributed by atoms with Crippen molar-refractivity contribution in [3.8, 4) is 22.4 Å². The fourth-order valence-corrected chi connectivity index (χ4v) is 3.05. The molecule has 0 unspecified atom stereocenters. The molecule has 1 aromatic heterocycles. The first-order chi connectivity index (χ1) is 12.8. The van der Waals surface area contributed by atoms with Crippen LogP contribution in [0.25, 0.3) is 22.4 Å². The zero-order valence-electron chi connectivity index (χ0n) is 14.7. The Hall–Kier alpha value is -3.39. The van der Waals surface area contributed by atoms with Gasteiger partial charge in [-0.3, -0.25) is 4.98 Å². The normalized spacial score (nSPS) is 10.5. The van der Waals surface area contributed by atoms with E-state index >= 15 is 0 Å². The molecule has 0 saturated heterocycles. The molecule has 2 nitrogen and oxygen atoms in total. The van der Waals surface area contributed by atoms with E-state index in [4.69, 9.17) is 0 Å². The van der Waals surface area contributed by atoms with Crippen LogP contribution >= 0.6 is 0 Å². The molecule has 0 aliphatic rings. The number of rotatable bonds is 4. The first-order valence-corrected chi connectivity index (χ1v) is 8.72. The zero-order chi connectivity index (χ0) is 17.8. The smallest absolute Gasteiger partial charge is 0.0701 e. The largest absolute Gasteiger partial charge is 0.345 e. The minimum Gasteiger partial charge on any atom is -0.345 e. The van der Waals surface area contributed by atoms with Gasteiger partial charge in [0, 0.05) is 30.2 Å². The molecule has 3 aromatic carbocycles.